The molecule has 1 aliphatic rings. The van der Waals surface area contributed by atoms with Crippen LogP contribution in [0.2, 0.25) is 0 Å². The van der Waals surface area contributed by atoms with Crippen LogP contribution in [0.4, 0.5) is 24.7 Å². The fourth-order valence-corrected chi connectivity index (χ4v) is 3.71. The van der Waals surface area contributed by atoms with Crippen LogP contribution in [0.5, 0.6) is 5.75 Å². The maximum absolute atomic E-state index is 12.4. The van der Waals surface area contributed by atoms with Gasteiger partial charge in [0, 0.05) is 17.4 Å². The van der Waals surface area contributed by atoms with Crippen molar-refractivity contribution in [3.8, 4) is 5.75 Å². The number of aromatic nitrogens is 1. The quantitative estimate of drug-likeness (QED) is 0.508. The van der Waals surface area contributed by atoms with E-state index in [2.05, 4.69) is 35.0 Å². The highest BCUT2D eigenvalue weighted by molar-refractivity contribution is 5.79. The number of hydrogen-bond acceptors (Lipinski definition) is 4. The van der Waals surface area contributed by atoms with E-state index in [1.54, 1.807) is 6.20 Å². The van der Waals surface area contributed by atoms with Crippen molar-refractivity contribution < 1.29 is 23.0 Å². The van der Waals surface area contributed by atoms with Crippen LogP contribution in [0, 0.1) is 0 Å². The van der Waals surface area contributed by atoms with Crippen LogP contribution in [0.25, 0.3) is 5.57 Å². The monoisotopic (exact) mass is 420 g/mol. The molecule has 0 amide bonds. The summed E-state index contributed by atoms with van der Waals surface area (Å²) in [5.41, 5.74) is 3.98. The Morgan fingerprint density at radius 2 is 1.90 bits per heavy atom. The number of hydrogen-bond donors (Lipinski definition) is 2. The maximum Gasteiger partial charge on any atom is 0.573 e. The Balaban J connectivity index is 1.92. The van der Waals surface area contributed by atoms with Gasteiger partial charge in [0.1, 0.15) is 11.6 Å². The van der Waals surface area contributed by atoms with Gasteiger partial charge in [0.15, 0.2) is 0 Å². The fourth-order valence-electron chi connectivity index (χ4n) is 3.71. The van der Waals surface area contributed by atoms with E-state index in [4.69, 9.17) is 0 Å². The topological polar surface area (TPSA) is 54.4 Å². The number of nitrogens with one attached hydrogen (secondary N) is 1. The molecule has 0 radical (unpaired) electrons. The molecular weight excluding hydrogens is 393 g/mol. The lowest BCUT2D eigenvalue weighted by atomic mass is 9.75. The highest BCUT2D eigenvalue weighted by atomic mass is 19.4. The number of rotatable bonds is 8. The van der Waals surface area contributed by atoms with Crippen LogP contribution >= 0.6 is 0 Å². The van der Waals surface area contributed by atoms with Crippen LogP contribution in [-0.2, 0) is 0 Å². The summed E-state index contributed by atoms with van der Waals surface area (Å²) in [5.74, 6) is 0.677. The molecule has 7 heteroatoms. The lowest BCUT2D eigenvalue weighted by molar-refractivity contribution is -0.274. The molecule has 2 N–H and O–H groups in total. The Labute approximate surface area is 174 Å². The van der Waals surface area contributed by atoms with Gasteiger partial charge in [0.25, 0.3) is 0 Å². The van der Waals surface area contributed by atoms with E-state index < -0.39 is 6.36 Å². The van der Waals surface area contributed by atoms with Gasteiger partial charge in [-0.15, -0.1) is 13.2 Å². The summed E-state index contributed by atoms with van der Waals surface area (Å²) in [6, 6.07) is 7.62. The fraction of sp³-hybridized carbons (Fsp3) is 0.435. The zero-order valence-corrected chi connectivity index (χ0v) is 17.2. The second-order valence-corrected chi connectivity index (χ2v) is 7.51. The first kappa shape index (κ1) is 22.2. The molecule has 2 aromatic rings. The minimum Gasteiger partial charge on any atom is -0.406 e. The summed E-state index contributed by atoms with van der Waals surface area (Å²) in [4.78, 5) is 4.53. The Morgan fingerprint density at radius 1 is 1.20 bits per heavy atom. The van der Waals surface area contributed by atoms with Crippen molar-refractivity contribution in [1.29, 1.82) is 0 Å². The predicted molar refractivity (Wildman–Crippen MR) is 112 cm³/mol. The number of benzene rings is 1. The van der Waals surface area contributed by atoms with E-state index in [0.717, 1.165) is 43.2 Å². The predicted octanol–water partition coefficient (Wildman–Crippen LogP) is 6.56. The van der Waals surface area contributed by atoms with Crippen LogP contribution < -0.4 is 10.1 Å². The summed E-state index contributed by atoms with van der Waals surface area (Å²) in [7, 11) is 0. The lowest BCUT2D eigenvalue weighted by Gasteiger charge is -2.34. The Hall–Kier alpha value is -2.54. The summed E-state index contributed by atoms with van der Waals surface area (Å²) in [5, 5.41) is 13.0. The van der Waals surface area contributed by atoms with Crippen molar-refractivity contribution in [3.05, 3.63) is 53.7 Å². The Bertz CT molecular complexity index is 873. The van der Waals surface area contributed by atoms with Gasteiger partial charge in [-0.25, -0.2) is 4.98 Å². The van der Waals surface area contributed by atoms with Crippen molar-refractivity contribution in [2.75, 3.05) is 5.32 Å². The van der Waals surface area contributed by atoms with E-state index in [1.165, 1.54) is 29.8 Å². The van der Waals surface area contributed by atoms with Crippen molar-refractivity contribution in [2.24, 2.45) is 0 Å². The van der Waals surface area contributed by atoms with E-state index in [9.17, 15) is 18.3 Å². The molecule has 1 aliphatic carbocycles. The minimum absolute atomic E-state index is 0.265. The Morgan fingerprint density at radius 3 is 2.47 bits per heavy atom. The normalized spacial score (nSPS) is 19.3. The SMILES string of the molecule is CCC/C=C(/CC)c1c(C2CC(O)C2)ccnc1Nc1ccc(OC(F)(F)F)cc1. The van der Waals surface area contributed by atoms with E-state index in [0.29, 0.717) is 11.5 Å². The number of halogens is 3. The second kappa shape index (κ2) is 9.51. The average Bonchev–Trinajstić information content (AvgIpc) is 2.67. The van der Waals surface area contributed by atoms with E-state index in [1.807, 2.05) is 6.07 Å². The number of unbranched alkanes of at least 4 members (excludes halogenated alkanes) is 1. The molecule has 0 bridgehead atoms. The zero-order valence-electron chi connectivity index (χ0n) is 17.2. The highest BCUT2D eigenvalue weighted by Crippen LogP contribution is 2.43. The van der Waals surface area contributed by atoms with Gasteiger partial charge >= 0.3 is 6.36 Å². The molecule has 3 rings (SSSR count). The summed E-state index contributed by atoms with van der Waals surface area (Å²) in [6.07, 6.45) is 3.25. The van der Waals surface area contributed by atoms with Crippen molar-refractivity contribution in [3.63, 3.8) is 0 Å². The number of alkyl halides is 3. The number of ether oxygens (including phenoxy) is 1. The largest absolute Gasteiger partial charge is 0.573 e. The van der Waals surface area contributed by atoms with Gasteiger partial charge in [-0.2, -0.15) is 0 Å². The molecule has 1 heterocycles. The number of aliphatic hydroxyl groups is 1. The molecule has 1 fully saturated rings. The molecule has 162 valence electrons. The second-order valence-electron chi connectivity index (χ2n) is 7.51. The van der Waals surface area contributed by atoms with Crippen molar-refractivity contribution >= 4 is 17.1 Å². The summed E-state index contributed by atoms with van der Waals surface area (Å²) < 4.78 is 41.1. The molecule has 0 spiro atoms. The van der Waals surface area contributed by atoms with Crippen LogP contribution in [0.1, 0.15) is 63.0 Å². The molecule has 30 heavy (non-hydrogen) atoms. The summed E-state index contributed by atoms with van der Waals surface area (Å²) >= 11 is 0. The lowest BCUT2D eigenvalue weighted by Crippen LogP contribution is -2.27. The molecule has 1 saturated carbocycles. The van der Waals surface area contributed by atoms with E-state index in [-0.39, 0.29) is 17.8 Å². The van der Waals surface area contributed by atoms with Gasteiger partial charge in [0.05, 0.1) is 6.10 Å². The highest BCUT2D eigenvalue weighted by Gasteiger charge is 2.32. The third kappa shape index (κ3) is 5.53. The molecule has 0 aliphatic heterocycles. The van der Waals surface area contributed by atoms with Crippen LogP contribution in [-0.4, -0.2) is 22.6 Å². The van der Waals surface area contributed by atoms with Crippen molar-refractivity contribution in [1.82, 2.24) is 4.98 Å². The molecule has 0 saturated heterocycles. The van der Waals surface area contributed by atoms with E-state index >= 15 is 0 Å². The first-order valence-electron chi connectivity index (χ1n) is 10.3. The number of anilines is 2. The average molecular weight is 420 g/mol. The van der Waals surface area contributed by atoms with Gasteiger partial charge in [-0.3, -0.25) is 0 Å². The number of aliphatic hydroxyl groups excluding tert-OH is 1. The van der Waals surface area contributed by atoms with Gasteiger partial charge in [0.2, 0.25) is 0 Å². The number of allylic oxidation sites excluding steroid dienone is 2. The smallest absolute Gasteiger partial charge is 0.406 e. The van der Waals surface area contributed by atoms with Crippen LogP contribution in [0.15, 0.2) is 42.6 Å². The molecule has 1 aromatic carbocycles. The molecule has 4 nitrogen and oxygen atoms in total. The molecule has 0 atom stereocenters. The van der Waals surface area contributed by atoms with Crippen LogP contribution in [0.3, 0.4) is 0 Å². The zero-order chi connectivity index (χ0) is 21.7. The van der Waals surface area contributed by atoms with Gasteiger partial charge in [-0.1, -0.05) is 26.3 Å². The third-order valence-corrected chi connectivity index (χ3v) is 5.27. The minimum atomic E-state index is -4.72. The maximum atomic E-state index is 12.4. The number of pyridine rings is 1. The Kier molecular flexibility index (Phi) is 7.02. The van der Waals surface area contributed by atoms with Gasteiger partial charge in [-0.05, 0) is 73.1 Å². The first-order chi connectivity index (χ1) is 14.3. The standard InChI is InChI=1S/C23H27F3N2O2/c1-3-5-6-15(4-2)21-20(16-13-18(29)14-16)11-12-27-22(21)28-17-7-9-19(10-8-17)30-23(24,25)26/h6-12,16,18,29H,3-5,13-14H2,1-2H3,(H,27,28)/b15-6-. The first-order valence-corrected chi connectivity index (χ1v) is 10.3. The third-order valence-electron chi connectivity index (χ3n) is 5.27. The molecule has 1 aromatic heterocycles. The van der Waals surface area contributed by atoms with Crippen molar-refractivity contribution in [2.45, 2.75) is 64.3 Å². The summed E-state index contributed by atoms with van der Waals surface area (Å²) in [6.45, 7) is 4.22. The number of nitrogens with zero attached hydrogens (tertiary/aromatic N) is 1. The van der Waals surface area contributed by atoms with Gasteiger partial charge < -0.3 is 15.2 Å². The molecule has 0 unspecified atom stereocenters. The molecular formula is C23H27F3N2O2.